The van der Waals surface area contributed by atoms with Crippen molar-refractivity contribution < 1.29 is 23.9 Å². The molecule has 1 fully saturated rings. The van der Waals surface area contributed by atoms with Gasteiger partial charge in [-0.3, -0.25) is 9.69 Å². The predicted octanol–water partition coefficient (Wildman–Crippen LogP) is 1.01. The zero-order chi connectivity index (χ0) is 15.6. The molecule has 0 aromatic heterocycles. The second-order valence-corrected chi connectivity index (χ2v) is 5.19. The van der Waals surface area contributed by atoms with Crippen molar-refractivity contribution in [3.63, 3.8) is 0 Å². The van der Waals surface area contributed by atoms with Gasteiger partial charge in [-0.05, 0) is 34.1 Å². The number of piperazine rings is 1. The maximum atomic E-state index is 13.0. The number of carboxylic acids is 1. The van der Waals surface area contributed by atoms with Crippen LogP contribution >= 0.6 is 15.9 Å². The third-order valence-corrected chi connectivity index (χ3v) is 3.56. The Morgan fingerprint density at radius 3 is 2.81 bits per heavy atom. The molecule has 0 radical (unpaired) electrons. The van der Waals surface area contributed by atoms with Crippen LogP contribution in [0.2, 0.25) is 0 Å². The Kier molecular flexibility index (Phi) is 4.41. The Labute approximate surface area is 127 Å². The number of benzene rings is 1. The van der Waals surface area contributed by atoms with Crippen molar-refractivity contribution >= 4 is 39.5 Å². The number of hydrogen-bond acceptors (Lipinski definition) is 3. The van der Waals surface area contributed by atoms with Gasteiger partial charge in [-0.25, -0.2) is 14.0 Å². The molecule has 1 aliphatic heterocycles. The molecule has 1 unspecified atom stereocenters. The molecule has 3 N–H and O–H groups in total. The molecule has 0 bridgehead atoms. The van der Waals surface area contributed by atoms with Crippen LogP contribution in [0.4, 0.5) is 14.9 Å². The molecule has 9 heteroatoms. The summed E-state index contributed by atoms with van der Waals surface area (Å²) in [5.41, 5.74) is 0.275. The molecule has 2 rings (SSSR count). The summed E-state index contributed by atoms with van der Waals surface area (Å²) in [5.74, 6) is -2.15. The van der Waals surface area contributed by atoms with Crippen molar-refractivity contribution in [2.24, 2.45) is 0 Å². The molecule has 1 aromatic rings. The minimum Gasteiger partial charge on any atom is -0.480 e. The minimum atomic E-state index is -1.22. The minimum absolute atomic E-state index is 0.161. The number of nitrogens with zero attached hydrogens (tertiary/aromatic N) is 1. The highest BCUT2D eigenvalue weighted by Crippen LogP contribution is 2.23. The van der Waals surface area contributed by atoms with Gasteiger partial charge < -0.3 is 15.7 Å². The van der Waals surface area contributed by atoms with Crippen LogP contribution < -0.4 is 10.6 Å². The molecule has 0 aliphatic carbocycles. The summed E-state index contributed by atoms with van der Waals surface area (Å²) in [6.07, 6.45) is 0. The Balaban J connectivity index is 2.17. The maximum absolute atomic E-state index is 13.0. The van der Waals surface area contributed by atoms with E-state index in [0.717, 1.165) is 17.0 Å². The first-order valence-electron chi connectivity index (χ1n) is 5.90. The number of hydrogen-bond donors (Lipinski definition) is 3. The van der Waals surface area contributed by atoms with E-state index in [0.29, 0.717) is 4.47 Å². The number of anilines is 1. The number of aliphatic carboxylic acids is 1. The van der Waals surface area contributed by atoms with Crippen LogP contribution in [0.15, 0.2) is 22.7 Å². The van der Waals surface area contributed by atoms with Crippen molar-refractivity contribution in [1.82, 2.24) is 10.2 Å². The zero-order valence-corrected chi connectivity index (χ0v) is 12.2. The third kappa shape index (κ3) is 3.48. The van der Waals surface area contributed by atoms with Gasteiger partial charge in [0.1, 0.15) is 18.4 Å². The predicted molar refractivity (Wildman–Crippen MR) is 74.3 cm³/mol. The van der Waals surface area contributed by atoms with Gasteiger partial charge in [0.05, 0.1) is 5.69 Å². The molecular weight excluding hydrogens is 349 g/mol. The van der Waals surface area contributed by atoms with Gasteiger partial charge >= 0.3 is 12.0 Å². The molecule has 1 aliphatic rings. The average molecular weight is 360 g/mol. The molecule has 3 amide bonds. The maximum Gasteiger partial charge on any atom is 0.328 e. The Morgan fingerprint density at radius 2 is 2.19 bits per heavy atom. The highest BCUT2D eigenvalue weighted by atomic mass is 79.9. The number of nitrogens with one attached hydrogen (secondary N) is 2. The van der Waals surface area contributed by atoms with Crippen LogP contribution in [-0.4, -0.2) is 47.0 Å². The van der Waals surface area contributed by atoms with Crippen molar-refractivity contribution in [3.05, 3.63) is 28.5 Å². The Hall–Kier alpha value is -2.16. The second-order valence-electron chi connectivity index (χ2n) is 4.34. The monoisotopic (exact) mass is 359 g/mol. The van der Waals surface area contributed by atoms with Crippen molar-refractivity contribution in [2.75, 3.05) is 18.4 Å². The van der Waals surface area contributed by atoms with Crippen LogP contribution in [0.1, 0.15) is 0 Å². The third-order valence-electron chi connectivity index (χ3n) is 2.90. The number of amides is 3. The summed E-state index contributed by atoms with van der Waals surface area (Å²) in [5, 5.41) is 13.9. The molecule has 21 heavy (non-hydrogen) atoms. The van der Waals surface area contributed by atoms with Gasteiger partial charge in [0.2, 0.25) is 5.91 Å². The van der Waals surface area contributed by atoms with E-state index in [1.54, 1.807) is 0 Å². The Morgan fingerprint density at radius 1 is 1.48 bits per heavy atom. The van der Waals surface area contributed by atoms with Gasteiger partial charge in [-0.15, -0.1) is 0 Å². The zero-order valence-electron chi connectivity index (χ0n) is 10.6. The van der Waals surface area contributed by atoms with E-state index in [-0.39, 0.29) is 18.8 Å². The first kappa shape index (κ1) is 15.2. The summed E-state index contributed by atoms with van der Waals surface area (Å²) in [6.45, 7) is -0.520. The molecule has 1 heterocycles. The van der Waals surface area contributed by atoms with E-state index in [4.69, 9.17) is 5.11 Å². The summed E-state index contributed by atoms with van der Waals surface area (Å²) in [6, 6.07) is 1.74. The molecule has 112 valence electrons. The molecule has 0 saturated carbocycles. The number of halogens is 2. The fourth-order valence-corrected chi connectivity index (χ4v) is 2.30. The van der Waals surface area contributed by atoms with E-state index >= 15 is 0 Å². The number of rotatable bonds is 2. The molecule has 1 atom stereocenters. The lowest BCUT2D eigenvalue weighted by atomic mass is 10.2. The van der Waals surface area contributed by atoms with Gasteiger partial charge in [0, 0.05) is 11.0 Å². The van der Waals surface area contributed by atoms with E-state index in [1.165, 1.54) is 6.07 Å². The molecule has 1 aromatic carbocycles. The fraction of sp³-hybridized carbons (Fsp3) is 0.250. The topological polar surface area (TPSA) is 98.7 Å². The highest BCUT2D eigenvalue weighted by molar-refractivity contribution is 9.10. The van der Waals surface area contributed by atoms with Crippen LogP contribution in [0.5, 0.6) is 0 Å². The SMILES string of the molecule is O=C1CN(C(=O)Nc2ccc(F)cc2Br)C(C(=O)O)CN1. The van der Waals surface area contributed by atoms with Gasteiger partial charge in [-0.1, -0.05) is 0 Å². The quantitative estimate of drug-likeness (QED) is 0.733. The number of carbonyl (C=O) groups is 3. The first-order valence-corrected chi connectivity index (χ1v) is 6.70. The van der Waals surface area contributed by atoms with Crippen molar-refractivity contribution in [3.8, 4) is 0 Å². The standard InChI is InChI=1S/C12H11BrFN3O4/c13-7-3-6(14)1-2-8(7)16-12(21)17-5-10(18)15-4-9(17)11(19)20/h1-3,9H,4-5H2,(H,15,18)(H,16,21)(H,19,20). The summed E-state index contributed by atoms with van der Waals surface area (Å²) < 4.78 is 13.3. The molecule has 7 nitrogen and oxygen atoms in total. The number of carboxylic acid groups (broad SMARTS) is 1. The lowest BCUT2D eigenvalue weighted by molar-refractivity contribution is -0.144. The van der Waals surface area contributed by atoms with Gasteiger partial charge in [0.15, 0.2) is 0 Å². The molecule has 1 saturated heterocycles. The highest BCUT2D eigenvalue weighted by Gasteiger charge is 2.35. The van der Waals surface area contributed by atoms with Crippen LogP contribution in [-0.2, 0) is 9.59 Å². The molecular formula is C12H11BrFN3O4. The largest absolute Gasteiger partial charge is 0.480 e. The van der Waals surface area contributed by atoms with E-state index in [1.807, 2.05) is 0 Å². The fourth-order valence-electron chi connectivity index (χ4n) is 1.85. The van der Waals surface area contributed by atoms with Crippen molar-refractivity contribution in [1.29, 1.82) is 0 Å². The van der Waals surface area contributed by atoms with Gasteiger partial charge in [0.25, 0.3) is 0 Å². The van der Waals surface area contributed by atoms with E-state index < -0.39 is 29.8 Å². The first-order chi connectivity index (χ1) is 9.88. The van der Waals surface area contributed by atoms with Gasteiger partial charge in [-0.2, -0.15) is 0 Å². The smallest absolute Gasteiger partial charge is 0.328 e. The van der Waals surface area contributed by atoms with E-state index in [2.05, 4.69) is 26.6 Å². The lowest BCUT2D eigenvalue weighted by Crippen LogP contribution is -2.60. The molecule has 0 spiro atoms. The number of carbonyl (C=O) groups excluding carboxylic acids is 2. The Bertz CT molecular complexity index is 610. The van der Waals surface area contributed by atoms with Crippen LogP contribution in [0.3, 0.4) is 0 Å². The number of urea groups is 1. The lowest BCUT2D eigenvalue weighted by Gasteiger charge is -2.32. The average Bonchev–Trinajstić information content (AvgIpc) is 2.41. The van der Waals surface area contributed by atoms with E-state index in [9.17, 15) is 18.8 Å². The van der Waals surface area contributed by atoms with Crippen LogP contribution in [0, 0.1) is 5.82 Å². The normalized spacial score (nSPS) is 18.1. The van der Waals surface area contributed by atoms with Crippen LogP contribution in [0.25, 0.3) is 0 Å². The second kappa shape index (κ2) is 6.08. The van der Waals surface area contributed by atoms with Crippen molar-refractivity contribution in [2.45, 2.75) is 6.04 Å². The summed E-state index contributed by atoms with van der Waals surface area (Å²) in [4.78, 5) is 35.5. The summed E-state index contributed by atoms with van der Waals surface area (Å²) >= 11 is 3.09. The summed E-state index contributed by atoms with van der Waals surface area (Å²) in [7, 11) is 0.